The first-order valence-electron chi connectivity index (χ1n) is 6.69. The van der Waals surface area contributed by atoms with Gasteiger partial charge in [-0.15, -0.1) is 0 Å². The normalized spacial score (nSPS) is 20.9. The van der Waals surface area contributed by atoms with Gasteiger partial charge in [0.15, 0.2) is 0 Å². The summed E-state index contributed by atoms with van der Waals surface area (Å²) >= 11 is 0. The lowest BCUT2D eigenvalue weighted by Crippen LogP contribution is -2.46. The Labute approximate surface area is 104 Å². The second-order valence-corrected chi connectivity index (χ2v) is 4.90. The van der Waals surface area contributed by atoms with Crippen molar-refractivity contribution in [2.24, 2.45) is 7.05 Å². The quantitative estimate of drug-likeness (QED) is 0.861. The highest BCUT2D eigenvalue weighted by molar-refractivity contribution is 5.36. The molecular weight excluding hydrogens is 212 g/mol. The second kappa shape index (κ2) is 5.54. The van der Waals surface area contributed by atoms with Crippen LogP contribution in [-0.4, -0.2) is 35.7 Å². The number of anilines is 1. The van der Waals surface area contributed by atoms with Gasteiger partial charge in [-0.1, -0.05) is 6.92 Å². The second-order valence-electron chi connectivity index (χ2n) is 4.90. The van der Waals surface area contributed by atoms with E-state index in [1.807, 2.05) is 7.05 Å². The molecular formula is C13H24N4. The van der Waals surface area contributed by atoms with Gasteiger partial charge in [0.25, 0.3) is 0 Å². The number of hydrogen-bond donors (Lipinski definition) is 1. The van der Waals surface area contributed by atoms with Crippen LogP contribution >= 0.6 is 0 Å². The number of likely N-dealkylation sites (N-methyl/N-ethyl adjacent to an activating group) is 1. The molecule has 1 fully saturated rings. The standard InChI is InChI=1S/C13H24N4/c1-4-11-10-16(3)13(15-11)17-8-6-5-7-12(17)9-14-2/h10,12,14H,4-9H2,1-3H3. The Morgan fingerprint density at radius 2 is 2.29 bits per heavy atom. The fourth-order valence-electron chi connectivity index (χ4n) is 2.67. The molecule has 0 aliphatic carbocycles. The Balaban J connectivity index is 2.19. The van der Waals surface area contributed by atoms with Crippen LogP contribution in [0.1, 0.15) is 31.9 Å². The largest absolute Gasteiger partial charge is 0.338 e. The van der Waals surface area contributed by atoms with E-state index in [4.69, 9.17) is 4.98 Å². The molecule has 1 N–H and O–H groups in total. The van der Waals surface area contributed by atoms with Gasteiger partial charge < -0.3 is 14.8 Å². The van der Waals surface area contributed by atoms with E-state index in [0.29, 0.717) is 6.04 Å². The zero-order valence-corrected chi connectivity index (χ0v) is 11.2. The molecule has 96 valence electrons. The summed E-state index contributed by atoms with van der Waals surface area (Å²) < 4.78 is 2.17. The van der Waals surface area contributed by atoms with E-state index in [1.54, 1.807) is 0 Å². The average molecular weight is 236 g/mol. The van der Waals surface area contributed by atoms with E-state index in [2.05, 4.69) is 35.0 Å². The average Bonchev–Trinajstić information content (AvgIpc) is 2.72. The molecule has 1 atom stereocenters. The predicted octanol–water partition coefficient (Wildman–Crippen LogP) is 1.56. The minimum Gasteiger partial charge on any atom is -0.338 e. The van der Waals surface area contributed by atoms with Gasteiger partial charge in [0.2, 0.25) is 5.95 Å². The predicted molar refractivity (Wildman–Crippen MR) is 71.5 cm³/mol. The Hall–Kier alpha value is -1.03. The van der Waals surface area contributed by atoms with Gasteiger partial charge in [-0.3, -0.25) is 0 Å². The molecule has 4 nitrogen and oxygen atoms in total. The first-order chi connectivity index (χ1) is 8.26. The van der Waals surface area contributed by atoms with Gasteiger partial charge >= 0.3 is 0 Å². The summed E-state index contributed by atoms with van der Waals surface area (Å²) in [6.45, 7) is 4.35. The van der Waals surface area contributed by atoms with Crippen molar-refractivity contribution in [2.75, 3.05) is 25.0 Å². The molecule has 0 radical (unpaired) electrons. The summed E-state index contributed by atoms with van der Waals surface area (Å²) in [4.78, 5) is 7.22. The highest BCUT2D eigenvalue weighted by atomic mass is 15.3. The number of aromatic nitrogens is 2. The first-order valence-corrected chi connectivity index (χ1v) is 6.69. The molecule has 0 spiro atoms. The third-order valence-electron chi connectivity index (χ3n) is 3.59. The number of aryl methyl sites for hydroxylation is 2. The summed E-state index contributed by atoms with van der Waals surface area (Å²) in [6, 6.07) is 0.597. The maximum absolute atomic E-state index is 4.75. The highest BCUT2D eigenvalue weighted by Gasteiger charge is 2.25. The molecule has 4 heteroatoms. The van der Waals surface area contributed by atoms with Crippen LogP contribution in [0.4, 0.5) is 5.95 Å². The van der Waals surface area contributed by atoms with Crippen molar-refractivity contribution in [3.63, 3.8) is 0 Å². The zero-order chi connectivity index (χ0) is 12.3. The molecule has 1 saturated heterocycles. The van der Waals surface area contributed by atoms with Crippen LogP contribution < -0.4 is 10.2 Å². The smallest absolute Gasteiger partial charge is 0.205 e. The Kier molecular flexibility index (Phi) is 4.05. The molecule has 0 saturated carbocycles. The summed E-state index contributed by atoms with van der Waals surface area (Å²) in [5.74, 6) is 1.14. The fourth-order valence-corrected chi connectivity index (χ4v) is 2.67. The molecule has 1 aromatic rings. The number of hydrogen-bond acceptors (Lipinski definition) is 3. The van der Waals surface area contributed by atoms with Crippen LogP contribution in [0.2, 0.25) is 0 Å². The Bertz CT molecular complexity index is 356. The van der Waals surface area contributed by atoms with Crippen molar-refractivity contribution >= 4 is 5.95 Å². The van der Waals surface area contributed by atoms with Crippen LogP contribution in [0.25, 0.3) is 0 Å². The van der Waals surface area contributed by atoms with Crippen molar-refractivity contribution in [2.45, 2.75) is 38.6 Å². The van der Waals surface area contributed by atoms with Gasteiger partial charge in [-0.05, 0) is 32.7 Å². The monoisotopic (exact) mass is 236 g/mol. The molecule has 2 rings (SSSR count). The number of rotatable bonds is 4. The van der Waals surface area contributed by atoms with Crippen molar-refractivity contribution in [3.05, 3.63) is 11.9 Å². The third-order valence-corrected chi connectivity index (χ3v) is 3.59. The lowest BCUT2D eigenvalue weighted by atomic mass is 10.0. The van der Waals surface area contributed by atoms with Crippen molar-refractivity contribution < 1.29 is 0 Å². The molecule has 1 aromatic heterocycles. The minimum atomic E-state index is 0.597. The van der Waals surface area contributed by atoms with Gasteiger partial charge in [0.05, 0.1) is 5.69 Å². The van der Waals surface area contributed by atoms with Gasteiger partial charge in [-0.2, -0.15) is 0 Å². The van der Waals surface area contributed by atoms with Gasteiger partial charge in [0.1, 0.15) is 0 Å². The summed E-state index contributed by atoms with van der Waals surface area (Å²) in [6.07, 6.45) is 7.07. The lowest BCUT2D eigenvalue weighted by Gasteiger charge is -2.36. The molecule has 1 aliphatic rings. The van der Waals surface area contributed by atoms with Crippen LogP contribution in [-0.2, 0) is 13.5 Å². The molecule has 0 bridgehead atoms. The van der Waals surface area contributed by atoms with E-state index in [9.17, 15) is 0 Å². The molecule has 1 unspecified atom stereocenters. The zero-order valence-electron chi connectivity index (χ0n) is 11.2. The maximum Gasteiger partial charge on any atom is 0.205 e. The van der Waals surface area contributed by atoms with Crippen LogP contribution in [0, 0.1) is 0 Å². The Morgan fingerprint density at radius 3 is 2.94 bits per heavy atom. The SMILES string of the molecule is CCc1cn(C)c(N2CCCCC2CNC)n1. The minimum absolute atomic E-state index is 0.597. The number of piperidine rings is 1. The van der Waals surface area contributed by atoms with Gasteiger partial charge in [-0.25, -0.2) is 4.98 Å². The summed E-state index contributed by atoms with van der Waals surface area (Å²) in [5, 5.41) is 3.30. The highest BCUT2D eigenvalue weighted by Crippen LogP contribution is 2.23. The maximum atomic E-state index is 4.75. The number of nitrogens with one attached hydrogen (secondary N) is 1. The number of imidazole rings is 1. The van der Waals surface area contributed by atoms with Crippen LogP contribution in [0.15, 0.2) is 6.20 Å². The third kappa shape index (κ3) is 2.63. The lowest BCUT2D eigenvalue weighted by molar-refractivity contribution is 0.437. The number of nitrogens with zero attached hydrogens (tertiary/aromatic N) is 3. The van der Waals surface area contributed by atoms with E-state index in [0.717, 1.165) is 25.5 Å². The molecule has 2 heterocycles. The summed E-state index contributed by atoms with van der Waals surface area (Å²) in [5.41, 5.74) is 1.19. The molecule has 0 amide bonds. The van der Waals surface area contributed by atoms with Crippen molar-refractivity contribution in [1.82, 2.24) is 14.9 Å². The van der Waals surface area contributed by atoms with Crippen molar-refractivity contribution in [3.8, 4) is 0 Å². The summed E-state index contributed by atoms with van der Waals surface area (Å²) in [7, 11) is 4.13. The van der Waals surface area contributed by atoms with E-state index in [1.165, 1.54) is 25.0 Å². The van der Waals surface area contributed by atoms with Gasteiger partial charge in [0, 0.05) is 32.4 Å². The molecule has 0 aromatic carbocycles. The van der Waals surface area contributed by atoms with Crippen molar-refractivity contribution in [1.29, 1.82) is 0 Å². The van der Waals surface area contributed by atoms with E-state index >= 15 is 0 Å². The first kappa shape index (κ1) is 12.4. The topological polar surface area (TPSA) is 33.1 Å². The van der Waals surface area contributed by atoms with Crippen LogP contribution in [0.5, 0.6) is 0 Å². The fraction of sp³-hybridized carbons (Fsp3) is 0.769. The molecule has 17 heavy (non-hydrogen) atoms. The van der Waals surface area contributed by atoms with E-state index < -0.39 is 0 Å². The molecule has 1 aliphatic heterocycles. The Morgan fingerprint density at radius 1 is 1.47 bits per heavy atom. The van der Waals surface area contributed by atoms with E-state index in [-0.39, 0.29) is 0 Å². The van der Waals surface area contributed by atoms with Crippen LogP contribution in [0.3, 0.4) is 0 Å².